The summed E-state index contributed by atoms with van der Waals surface area (Å²) in [6.07, 6.45) is 1.54. The zero-order valence-electron chi connectivity index (χ0n) is 14.1. The molecule has 0 aliphatic heterocycles. The van der Waals surface area contributed by atoms with E-state index in [0.29, 0.717) is 6.54 Å². The third-order valence-corrected chi connectivity index (χ3v) is 4.62. The van der Waals surface area contributed by atoms with Gasteiger partial charge in [0.05, 0.1) is 7.11 Å². The summed E-state index contributed by atoms with van der Waals surface area (Å²) in [6.45, 7) is 2.68. The molecule has 0 bridgehead atoms. The van der Waals surface area contributed by atoms with Crippen molar-refractivity contribution in [3.63, 3.8) is 0 Å². The summed E-state index contributed by atoms with van der Waals surface area (Å²) in [4.78, 5) is 8.54. The number of nitrogens with one attached hydrogen (secondary N) is 2. The first kappa shape index (κ1) is 17.2. The number of anilines is 3. The Morgan fingerprint density at radius 2 is 1.84 bits per heavy atom. The molecule has 2 aromatic carbocycles. The maximum atomic E-state index is 5.37. The second-order valence-corrected chi connectivity index (χ2v) is 6.40. The van der Waals surface area contributed by atoms with Crippen molar-refractivity contribution in [2.24, 2.45) is 0 Å². The first-order valence-electron chi connectivity index (χ1n) is 7.86. The van der Waals surface area contributed by atoms with Crippen molar-refractivity contribution >= 4 is 33.3 Å². The Morgan fingerprint density at radius 3 is 2.64 bits per heavy atom. The normalized spacial score (nSPS) is 10.4. The molecule has 25 heavy (non-hydrogen) atoms. The number of para-hydroxylation sites is 1. The van der Waals surface area contributed by atoms with Crippen molar-refractivity contribution in [3.8, 4) is 5.75 Å². The van der Waals surface area contributed by atoms with Gasteiger partial charge < -0.3 is 15.4 Å². The predicted octanol–water partition coefficient (Wildman–Crippen LogP) is 4.91. The molecule has 0 atom stereocenters. The molecule has 1 aromatic heterocycles. The van der Waals surface area contributed by atoms with Crippen LogP contribution in [-0.2, 0) is 6.54 Å². The molecule has 2 N–H and O–H groups in total. The maximum Gasteiger partial charge on any atom is 0.135 e. The summed E-state index contributed by atoms with van der Waals surface area (Å²) in [7, 11) is 1.67. The highest BCUT2D eigenvalue weighted by atomic mass is 79.9. The number of halogens is 1. The lowest BCUT2D eigenvalue weighted by molar-refractivity contribution is 0.410. The number of aryl methyl sites for hydroxylation is 1. The average Bonchev–Trinajstić information content (AvgIpc) is 2.63. The summed E-state index contributed by atoms with van der Waals surface area (Å²) in [6, 6.07) is 15.9. The fourth-order valence-electron chi connectivity index (χ4n) is 2.38. The number of hydrogen-bond acceptors (Lipinski definition) is 5. The Hall–Kier alpha value is -2.60. The van der Waals surface area contributed by atoms with E-state index in [4.69, 9.17) is 4.74 Å². The summed E-state index contributed by atoms with van der Waals surface area (Å²) < 4.78 is 6.42. The van der Waals surface area contributed by atoms with Crippen LogP contribution < -0.4 is 15.4 Å². The number of nitrogens with zero attached hydrogens (tertiary/aromatic N) is 2. The largest absolute Gasteiger partial charge is 0.496 e. The number of aromatic nitrogens is 2. The quantitative estimate of drug-likeness (QED) is 0.617. The van der Waals surface area contributed by atoms with Crippen LogP contribution in [0, 0.1) is 6.92 Å². The molecule has 0 fully saturated rings. The minimum absolute atomic E-state index is 0.622. The molecule has 0 saturated heterocycles. The fraction of sp³-hybridized carbons (Fsp3) is 0.158. The van der Waals surface area contributed by atoms with Crippen molar-refractivity contribution in [1.29, 1.82) is 0 Å². The zero-order valence-corrected chi connectivity index (χ0v) is 15.7. The van der Waals surface area contributed by atoms with Crippen LogP contribution in [-0.4, -0.2) is 17.1 Å². The van der Waals surface area contributed by atoms with Crippen LogP contribution in [0.2, 0.25) is 0 Å². The Kier molecular flexibility index (Phi) is 5.50. The number of benzene rings is 2. The second-order valence-electron chi connectivity index (χ2n) is 5.54. The third kappa shape index (κ3) is 4.48. The van der Waals surface area contributed by atoms with Crippen molar-refractivity contribution < 1.29 is 4.74 Å². The molecule has 0 spiro atoms. The first-order valence-corrected chi connectivity index (χ1v) is 8.66. The number of methoxy groups -OCH3 is 1. The summed E-state index contributed by atoms with van der Waals surface area (Å²) >= 11 is 3.54. The average molecular weight is 399 g/mol. The SMILES string of the molecule is COc1ccccc1CNc1cc(Nc2ccc(C)c(Br)c2)ncn1. The van der Waals surface area contributed by atoms with Gasteiger partial charge in [0, 0.05) is 28.3 Å². The van der Waals surface area contributed by atoms with Crippen molar-refractivity contribution in [1.82, 2.24) is 9.97 Å². The van der Waals surface area contributed by atoms with Crippen LogP contribution in [0.25, 0.3) is 0 Å². The summed E-state index contributed by atoms with van der Waals surface area (Å²) in [5, 5.41) is 6.59. The second kappa shape index (κ2) is 7.98. The Morgan fingerprint density at radius 1 is 1.04 bits per heavy atom. The van der Waals surface area contributed by atoms with Crippen LogP contribution in [0.4, 0.5) is 17.3 Å². The van der Waals surface area contributed by atoms with Crippen LogP contribution in [0.3, 0.4) is 0 Å². The van der Waals surface area contributed by atoms with E-state index in [9.17, 15) is 0 Å². The molecule has 1 heterocycles. The lowest BCUT2D eigenvalue weighted by Crippen LogP contribution is -2.04. The van der Waals surface area contributed by atoms with E-state index in [1.165, 1.54) is 11.9 Å². The predicted molar refractivity (Wildman–Crippen MR) is 105 cm³/mol. The summed E-state index contributed by atoms with van der Waals surface area (Å²) in [5.74, 6) is 2.33. The molecule has 0 unspecified atom stereocenters. The zero-order chi connectivity index (χ0) is 17.6. The Labute approximate surface area is 155 Å². The van der Waals surface area contributed by atoms with Crippen LogP contribution in [0.1, 0.15) is 11.1 Å². The molecule has 0 aliphatic rings. The molecule has 5 nitrogen and oxygen atoms in total. The van der Waals surface area contributed by atoms with Gasteiger partial charge in [0.15, 0.2) is 0 Å². The van der Waals surface area contributed by atoms with Gasteiger partial charge in [-0.15, -0.1) is 0 Å². The van der Waals surface area contributed by atoms with E-state index in [0.717, 1.165) is 33.1 Å². The highest BCUT2D eigenvalue weighted by Gasteiger charge is 2.04. The number of hydrogen-bond donors (Lipinski definition) is 2. The van der Waals surface area contributed by atoms with E-state index in [1.54, 1.807) is 7.11 Å². The van der Waals surface area contributed by atoms with Gasteiger partial charge in [-0.1, -0.05) is 40.2 Å². The van der Waals surface area contributed by atoms with Gasteiger partial charge in [-0.05, 0) is 30.7 Å². The minimum atomic E-state index is 0.622. The van der Waals surface area contributed by atoms with E-state index >= 15 is 0 Å². The van der Waals surface area contributed by atoms with Crippen molar-refractivity contribution in [3.05, 3.63) is 70.5 Å². The molecular formula is C19H19BrN4O. The molecule has 0 aliphatic carbocycles. The molecule has 6 heteroatoms. The minimum Gasteiger partial charge on any atom is -0.496 e. The lowest BCUT2D eigenvalue weighted by Gasteiger charge is -2.11. The summed E-state index contributed by atoms with van der Waals surface area (Å²) in [5.41, 5.74) is 3.22. The lowest BCUT2D eigenvalue weighted by atomic mass is 10.2. The van der Waals surface area contributed by atoms with Crippen LogP contribution in [0.5, 0.6) is 5.75 Å². The van der Waals surface area contributed by atoms with Crippen LogP contribution in [0.15, 0.2) is 59.3 Å². The van der Waals surface area contributed by atoms with E-state index in [1.807, 2.05) is 42.5 Å². The van der Waals surface area contributed by atoms with Gasteiger partial charge in [-0.3, -0.25) is 0 Å². The van der Waals surface area contributed by atoms with E-state index in [2.05, 4.69) is 49.5 Å². The number of ether oxygens (including phenoxy) is 1. The molecule has 3 rings (SSSR count). The molecule has 0 amide bonds. The molecular weight excluding hydrogens is 380 g/mol. The van der Waals surface area contributed by atoms with Gasteiger partial charge in [-0.2, -0.15) is 0 Å². The standard InChI is InChI=1S/C19H19BrN4O/c1-13-7-8-15(9-16(13)20)24-19-10-18(22-12-23-19)21-11-14-5-3-4-6-17(14)25-2/h3-10,12H,11H2,1-2H3,(H2,21,22,23,24). The van der Waals surface area contributed by atoms with Gasteiger partial charge in [0.2, 0.25) is 0 Å². The smallest absolute Gasteiger partial charge is 0.135 e. The Bertz CT molecular complexity index is 870. The molecule has 3 aromatic rings. The monoisotopic (exact) mass is 398 g/mol. The topological polar surface area (TPSA) is 59.1 Å². The van der Waals surface area contributed by atoms with E-state index in [-0.39, 0.29) is 0 Å². The van der Waals surface area contributed by atoms with Gasteiger partial charge in [-0.25, -0.2) is 9.97 Å². The van der Waals surface area contributed by atoms with Gasteiger partial charge in [0.25, 0.3) is 0 Å². The molecule has 0 saturated carbocycles. The Balaban J connectivity index is 1.70. The van der Waals surface area contributed by atoms with E-state index < -0.39 is 0 Å². The van der Waals surface area contributed by atoms with Crippen molar-refractivity contribution in [2.45, 2.75) is 13.5 Å². The molecule has 128 valence electrons. The van der Waals surface area contributed by atoms with Crippen molar-refractivity contribution in [2.75, 3.05) is 17.7 Å². The van der Waals surface area contributed by atoms with Gasteiger partial charge in [0.1, 0.15) is 23.7 Å². The highest BCUT2D eigenvalue weighted by molar-refractivity contribution is 9.10. The fourth-order valence-corrected chi connectivity index (χ4v) is 2.75. The third-order valence-electron chi connectivity index (χ3n) is 3.76. The maximum absolute atomic E-state index is 5.37. The van der Waals surface area contributed by atoms with Gasteiger partial charge >= 0.3 is 0 Å². The number of rotatable bonds is 6. The van der Waals surface area contributed by atoms with Crippen LogP contribution >= 0.6 is 15.9 Å². The molecule has 0 radical (unpaired) electrons. The first-order chi connectivity index (χ1) is 12.2. The highest BCUT2D eigenvalue weighted by Crippen LogP contribution is 2.24.